The van der Waals surface area contributed by atoms with E-state index in [1.165, 1.54) is 0 Å². The van der Waals surface area contributed by atoms with Gasteiger partial charge in [-0.2, -0.15) is 0 Å². The SMILES string of the molecule is O=C(C1CC1)N1CCC2(CC1)CC(CCOc1ccncc1)CCO2. The van der Waals surface area contributed by atoms with Gasteiger partial charge in [-0.3, -0.25) is 9.78 Å². The third-order valence-corrected chi connectivity index (χ3v) is 5.95. The highest BCUT2D eigenvalue weighted by Crippen LogP contribution is 2.40. The van der Waals surface area contributed by atoms with Crippen LogP contribution in [0.15, 0.2) is 24.5 Å². The topological polar surface area (TPSA) is 51.7 Å². The number of carbonyl (C=O) groups is 1. The van der Waals surface area contributed by atoms with Crippen LogP contribution in [0.2, 0.25) is 0 Å². The second-order valence-electron chi connectivity index (χ2n) is 7.81. The van der Waals surface area contributed by atoms with E-state index >= 15 is 0 Å². The molecule has 3 aliphatic rings. The standard InChI is InChI=1S/C20H28N2O3/c23-19(17-1-2-17)22-11-7-20(8-12-22)15-16(6-14-25-20)5-13-24-18-3-9-21-10-4-18/h3-4,9-10,16-17H,1-2,5-8,11-15H2. The Morgan fingerprint density at radius 3 is 2.72 bits per heavy atom. The number of hydrogen-bond donors (Lipinski definition) is 0. The molecule has 1 saturated carbocycles. The molecule has 0 aromatic carbocycles. The molecule has 1 spiro atoms. The number of piperidine rings is 1. The van der Waals surface area contributed by atoms with Crippen LogP contribution in [0, 0.1) is 11.8 Å². The van der Waals surface area contributed by atoms with Crippen LogP contribution in [0.25, 0.3) is 0 Å². The highest BCUT2D eigenvalue weighted by Gasteiger charge is 2.43. The van der Waals surface area contributed by atoms with Gasteiger partial charge in [0.05, 0.1) is 12.2 Å². The summed E-state index contributed by atoms with van der Waals surface area (Å²) >= 11 is 0. The second-order valence-corrected chi connectivity index (χ2v) is 7.81. The molecule has 0 bridgehead atoms. The lowest BCUT2D eigenvalue weighted by Gasteiger charge is -2.46. The summed E-state index contributed by atoms with van der Waals surface area (Å²) in [4.78, 5) is 18.3. The molecule has 1 aromatic rings. The van der Waals surface area contributed by atoms with Crippen molar-refractivity contribution in [1.29, 1.82) is 0 Å². The van der Waals surface area contributed by atoms with Crippen LogP contribution in [0.1, 0.15) is 44.9 Å². The van der Waals surface area contributed by atoms with Crippen LogP contribution in [0.5, 0.6) is 5.75 Å². The van der Waals surface area contributed by atoms with Gasteiger partial charge in [-0.05, 0) is 63.0 Å². The number of rotatable bonds is 5. The Hall–Kier alpha value is -1.62. The summed E-state index contributed by atoms with van der Waals surface area (Å²) in [5.74, 6) is 2.26. The molecule has 25 heavy (non-hydrogen) atoms. The molecule has 5 nitrogen and oxygen atoms in total. The summed E-state index contributed by atoms with van der Waals surface area (Å²) in [5.41, 5.74) is -0.0000848. The van der Waals surface area contributed by atoms with Crippen LogP contribution in [-0.4, -0.2) is 47.7 Å². The average molecular weight is 344 g/mol. The molecule has 2 saturated heterocycles. The van der Waals surface area contributed by atoms with Crippen molar-refractivity contribution in [3.8, 4) is 5.75 Å². The maximum absolute atomic E-state index is 12.2. The zero-order valence-corrected chi connectivity index (χ0v) is 14.9. The first-order chi connectivity index (χ1) is 12.2. The fourth-order valence-corrected chi connectivity index (χ4v) is 4.23. The fraction of sp³-hybridized carbons (Fsp3) is 0.700. The lowest BCUT2D eigenvalue weighted by molar-refractivity contribution is -0.148. The molecule has 1 amide bonds. The zero-order chi connectivity index (χ0) is 17.1. The number of nitrogens with zero attached hydrogens (tertiary/aromatic N) is 2. The minimum atomic E-state index is -0.0000848. The molecule has 2 aliphatic heterocycles. The highest BCUT2D eigenvalue weighted by atomic mass is 16.5. The van der Waals surface area contributed by atoms with Crippen LogP contribution in [0.4, 0.5) is 0 Å². The van der Waals surface area contributed by atoms with Crippen molar-refractivity contribution in [3.05, 3.63) is 24.5 Å². The highest BCUT2D eigenvalue weighted by molar-refractivity contribution is 5.81. The number of ether oxygens (including phenoxy) is 2. The Kier molecular flexibility index (Phi) is 4.93. The van der Waals surface area contributed by atoms with Gasteiger partial charge in [0, 0.05) is 38.0 Å². The number of hydrogen-bond acceptors (Lipinski definition) is 4. The summed E-state index contributed by atoms with van der Waals surface area (Å²) in [6.45, 7) is 3.33. The van der Waals surface area contributed by atoms with Gasteiger partial charge in [-0.1, -0.05) is 0 Å². The number of amides is 1. The quantitative estimate of drug-likeness (QED) is 0.824. The Balaban J connectivity index is 1.24. The van der Waals surface area contributed by atoms with Crippen LogP contribution in [0.3, 0.4) is 0 Å². The lowest BCUT2D eigenvalue weighted by atomic mass is 9.78. The van der Waals surface area contributed by atoms with E-state index in [-0.39, 0.29) is 5.60 Å². The molecule has 3 fully saturated rings. The summed E-state index contributed by atoms with van der Waals surface area (Å²) in [7, 11) is 0. The van der Waals surface area contributed by atoms with E-state index in [1.807, 2.05) is 12.1 Å². The predicted octanol–water partition coefficient (Wildman–Crippen LogP) is 3.05. The summed E-state index contributed by atoms with van der Waals surface area (Å²) in [6.07, 6.45) is 11.0. The monoisotopic (exact) mass is 344 g/mol. The third kappa shape index (κ3) is 4.14. The first kappa shape index (κ1) is 16.8. The Bertz CT molecular complexity index is 580. The summed E-state index contributed by atoms with van der Waals surface area (Å²) in [5, 5.41) is 0. The fourth-order valence-electron chi connectivity index (χ4n) is 4.23. The van der Waals surface area contributed by atoms with Gasteiger partial charge in [0.2, 0.25) is 5.91 Å². The number of likely N-dealkylation sites (tertiary alicyclic amines) is 1. The maximum atomic E-state index is 12.2. The molecule has 136 valence electrons. The molecule has 0 radical (unpaired) electrons. The van der Waals surface area contributed by atoms with Gasteiger partial charge < -0.3 is 14.4 Å². The molecule has 1 unspecified atom stereocenters. The molecule has 4 rings (SSSR count). The van der Waals surface area contributed by atoms with Crippen molar-refractivity contribution in [2.24, 2.45) is 11.8 Å². The smallest absolute Gasteiger partial charge is 0.225 e. The van der Waals surface area contributed by atoms with Gasteiger partial charge >= 0.3 is 0 Å². The first-order valence-electron chi connectivity index (χ1n) is 9.70. The molecule has 1 aromatic heterocycles. The van der Waals surface area contributed by atoms with Crippen LogP contribution >= 0.6 is 0 Å². The number of carbonyl (C=O) groups excluding carboxylic acids is 1. The Morgan fingerprint density at radius 1 is 1.24 bits per heavy atom. The third-order valence-electron chi connectivity index (χ3n) is 5.95. The molecule has 5 heteroatoms. The average Bonchev–Trinajstić information content (AvgIpc) is 3.48. The zero-order valence-electron chi connectivity index (χ0n) is 14.9. The van der Waals surface area contributed by atoms with Gasteiger partial charge in [0.1, 0.15) is 5.75 Å². The Morgan fingerprint density at radius 2 is 2.00 bits per heavy atom. The van der Waals surface area contributed by atoms with E-state index in [0.717, 1.165) is 77.0 Å². The van der Waals surface area contributed by atoms with E-state index in [0.29, 0.717) is 17.7 Å². The van der Waals surface area contributed by atoms with Crippen molar-refractivity contribution in [2.45, 2.75) is 50.5 Å². The molecule has 0 N–H and O–H groups in total. The second kappa shape index (κ2) is 7.32. The maximum Gasteiger partial charge on any atom is 0.225 e. The number of pyridine rings is 1. The van der Waals surface area contributed by atoms with Crippen molar-refractivity contribution in [1.82, 2.24) is 9.88 Å². The van der Waals surface area contributed by atoms with E-state index in [4.69, 9.17) is 9.47 Å². The van der Waals surface area contributed by atoms with Crippen LogP contribution in [-0.2, 0) is 9.53 Å². The van der Waals surface area contributed by atoms with E-state index in [9.17, 15) is 4.79 Å². The van der Waals surface area contributed by atoms with Crippen molar-refractivity contribution < 1.29 is 14.3 Å². The summed E-state index contributed by atoms with van der Waals surface area (Å²) in [6, 6.07) is 3.80. The van der Waals surface area contributed by atoms with Gasteiger partial charge in [0.15, 0.2) is 0 Å². The largest absolute Gasteiger partial charge is 0.493 e. The minimum absolute atomic E-state index is 0.0000848. The van der Waals surface area contributed by atoms with Crippen molar-refractivity contribution in [2.75, 3.05) is 26.3 Å². The molecular weight excluding hydrogens is 316 g/mol. The van der Waals surface area contributed by atoms with Crippen molar-refractivity contribution in [3.63, 3.8) is 0 Å². The van der Waals surface area contributed by atoms with E-state index < -0.39 is 0 Å². The van der Waals surface area contributed by atoms with E-state index in [2.05, 4.69) is 9.88 Å². The van der Waals surface area contributed by atoms with Gasteiger partial charge in [0.25, 0.3) is 0 Å². The van der Waals surface area contributed by atoms with Gasteiger partial charge in [-0.25, -0.2) is 0 Å². The Labute approximate surface area is 149 Å². The normalized spacial score (nSPS) is 25.8. The molecular formula is C20H28N2O3. The van der Waals surface area contributed by atoms with Crippen LogP contribution < -0.4 is 4.74 Å². The minimum Gasteiger partial charge on any atom is -0.493 e. The van der Waals surface area contributed by atoms with Gasteiger partial charge in [-0.15, -0.1) is 0 Å². The molecule has 3 heterocycles. The number of aromatic nitrogens is 1. The molecule has 1 atom stereocenters. The first-order valence-corrected chi connectivity index (χ1v) is 9.70. The predicted molar refractivity (Wildman–Crippen MR) is 94.3 cm³/mol. The van der Waals surface area contributed by atoms with E-state index in [1.54, 1.807) is 12.4 Å². The molecule has 1 aliphatic carbocycles. The van der Waals surface area contributed by atoms with Crippen molar-refractivity contribution >= 4 is 5.91 Å². The summed E-state index contributed by atoms with van der Waals surface area (Å²) < 4.78 is 12.1. The lowest BCUT2D eigenvalue weighted by Crippen LogP contribution is -2.51.